The van der Waals surface area contributed by atoms with E-state index in [1.54, 1.807) is 19.1 Å². The fourth-order valence-corrected chi connectivity index (χ4v) is 1.95. The van der Waals surface area contributed by atoms with Crippen molar-refractivity contribution in [2.45, 2.75) is 13.8 Å². The summed E-state index contributed by atoms with van der Waals surface area (Å²) in [5, 5.41) is 5.60. The Labute approximate surface area is 138 Å². The second-order valence-corrected chi connectivity index (χ2v) is 4.76. The SMILES string of the molecule is CCOC(=O)c1c(N)nc(-c2ccco2)nc1NCCNC(C)=O. The molecule has 128 valence electrons. The zero-order valence-corrected chi connectivity index (χ0v) is 13.5. The van der Waals surface area contributed by atoms with Crippen LogP contribution in [0.1, 0.15) is 24.2 Å². The Bertz CT molecular complexity index is 715. The normalized spacial score (nSPS) is 10.2. The zero-order chi connectivity index (χ0) is 17.5. The number of rotatable bonds is 7. The maximum absolute atomic E-state index is 12.1. The Morgan fingerprint density at radius 3 is 2.75 bits per heavy atom. The lowest BCUT2D eigenvalue weighted by Gasteiger charge is -2.13. The van der Waals surface area contributed by atoms with Crippen molar-refractivity contribution < 1.29 is 18.7 Å². The number of hydrogen-bond donors (Lipinski definition) is 3. The van der Waals surface area contributed by atoms with Crippen molar-refractivity contribution in [3.8, 4) is 11.6 Å². The highest BCUT2D eigenvalue weighted by Gasteiger charge is 2.21. The maximum Gasteiger partial charge on any atom is 0.345 e. The fraction of sp³-hybridized carbons (Fsp3) is 0.333. The quantitative estimate of drug-likeness (QED) is 0.506. The highest BCUT2D eigenvalue weighted by Crippen LogP contribution is 2.25. The summed E-state index contributed by atoms with van der Waals surface area (Å²) in [6, 6.07) is 3.37. The minimum Gasteiger partial charge on any atom is -0.462 e. The number of anilines is 2. The molecule has 0 radical (unpaired) electrons. The monoisotopic (exact) mass is 333 g/mol. The number of esters is 1. The van der Waals surface area contributed by atoms with Crippen molar-refractivity contribution in [2.24, 2.45) is 0 Å². The van der Waals surface area contributed by atoms with Gasteiger partial charge in [-0.2, -0.15) is 0 Å². The number of nitrogen functional groups attached to an aromatic ring is 1. The van der Waals surface area contributed by atoms with E-state index in [2.05, 4.69) is 20.6 Å². The summed E-state index contributed by atoms with van der Waals surface area (Å²) in [7, 11) is 0. The number of nitrogens with zero attached hydrogens (tertiary/aromatic N) is 2. The molecule has 2 aromatic heterocycles. The van der Waals surface area contributed by atoms with Crippen molar-refractivity contribution in [3.63, 3.8) is 0 Å². The van der Waals surface area contributed by atoms with E-state index < -0.39 is 5.97 Å². The van der Waals surface area contributed by atoms with Crippen molar-refractivity contribution in [1.29, 1.82) is 0 Å². The van der Waals surface area contributed by atoms with Crippen molar-refractivity contribution in [3.05, 3.63) is 24.0 Å². The molecule has 0 aliphatic carbocycles. The zero-order valence-electron chi connectivity index (χ0n) is 13.5. The van der Waals surface area contributed by atoms with Crippen LogP contribution < -0.4 is 16.4 Å². The minimum absolute atomic E-state index is 0.0168. The number of hydrogen-bond acceptors (Lipinski definition) is 8. The molecule has 0 fully saturated rings. The molecule has 0 saturated carbocycles. The van der Waals surface area contributed by atoms with Crippen LogP contribution in [0.3, 0.4) is 0 Å². The number of carbonyl (C=O) groups excluding carboxylic acids is 2. The molecule has 2 aromatic rings. The van der Waals surface area contributed by atoms with Crippen molar-refractivity contribution in [1.82, 2.24) is 15.3 Å². The molecule has 0 bridgehead atoms. The Morgan fingerprint density at radius 1 is 1.33 bits per heavy atom. The number of amides is 1. The van der Waals surface area contributed by atoms with Gasteiger partial charge in [0.05, 0.1) is 12.9 Å². The molecular weight excluding hydrogens is 314 g/mol. The maximum atomic E-state index is 12.1. The van der Waals surface area contributed by atoms with Crippen LogP contribution in [0, 0.1) is 0 Å². The third kappa shape index (κ3) is 4.22. The Balaban J connectivity index is 2.30. The van der Waals surface area contributed by atoms with Crippen molar-refractivity contribution in [2.75, 3.05) is 30.7 Å². The molecule has 24 heavy (non-hydrogen) atoms. The third-order valence-electron chi connectivity index (χ3n) is 2.95. The topological polar surface area (TPSA) is 132 Å². The second kappa shape index (κ2) is 7.95. The number of carbonyl (C=O) groups is 2. The lowest BCUT2D eigenvalue weighted by molar-refractivity contribution is -0.118. The lowest BCUT2D eigenvalue weighted by atomic mass is 10.2. The predicted octanol–water partition coefficient (Wildman–Crippen LogP) is 1.04. The summed E-state index contributed by atoms with van der Waals surface area (Å²) in [6.07, 6.45) is 1.48. The van der Waals surface area contributed by atoms with Gasteiger partial charge < -0.3 is 25.5 Å². The van der Waals surface area contributed by atoms with Crippen LogP contribution in [-0.4, -0.2) is 41.5 Å². The predicted molar refractivity (Wildman–Crippen MR) is 87.3 cm³/mol. The van der Waals surface area contributed by atoms with E-state index in [-0.39, 0.29) is 35.5 Å². The number of nitrogens with two attached hydrogens (primary N) is 1. The van der Waals surface area contributed by atoms with Gasteiger partial charge in [0, 0.05) is 20.0 Å². The smallest absolute Gasteiger partial charge is 0.345 e. The van der Waals surface area contributed by atoms with E-state index >= 15 is 0 Å². The molecule has 0 aromatic carbocycles. The first-order valence-corrected chi connectivity index (χ1v) is 7.39. The van der Waals surface area contributed by atoms with Gasteiger partial charge in [-0.05, 0) is 19.1 Å². The van der Waals surface area contributed by atoms with Crippen LogP contribution in [0.5, 0.6) is 0 Å². The van der Waals surface area contributed by atoms with Gasteiger partial charge in [0.2, 0.25) is 5.91 Å². The first-order chi connectivity index (χ1) is 11.5. The largest absolute Gasteiger partial charge is 0.462 e. The van der Waals surface area contributed by atoms with E-state index in [4.69, 9.17) is 14.9 Å². The van der Waals surface area contributed by atoms with E-state index in [0.29, 0.717) is 18.8 Å². The van der Waals surface area contributed by atoms with Gasteiger partial charge in [0.25, 0.3) is 0 Å². The van der Waals surface area contributed by atoms with E-state index in [9.17, 15) is 9.59 Å². The summed E-state index contributed by atoms with van der Waals surface area (Å²) < 4.78 is 10.2. The molecule has 2 rings (SSSR count). The third-order valence-corrected chi connectivity index (χ3v) is 2.95. The molecule has 4 N–H and O–H groups in total. The van der Waals surface area contributed by atoms with Crippen LogP contribution >= 0.6 is 0 Å². The molecule has 1 amide bonds. The molecule has 0 aliphatic rings. The first kappa shape index (κ1) is 17.3. The minimum atomic E-state index is -0.622. The molecule has 0 unspecified atom stereocenters. The summed E-state index contributed by atoms with van der Waals surface area (Å²) in [5.41, 5.74) is 5.96. The van der Waals surface area contributed by atoms with Gasteiger partial charge in [-0.1, -0.05) is 0 Å². The van der Waals surface area contributed by atoms with Gasteiger partial charge in [-0.15, -0.1) is 0 Å². The van der Waals surface area contributed by atoms with Crippen LogP contribution in [0.2, 0.25) is 0 Å². The average Bonchev–Trinajstić information content (AvgIpc) is 3.05. The van der Waals surface area contributed by atoms with E-state index in [1.807, 2.05) is 0 Å². The van der Waals surface area contributed by atoms with Gasteiger partial charge in [-0.25, -0.2) is 14.8 Å². The molecular formula is C15H19N5O4. The number of ether oxygens (including phenoxy) is 1. The van der Waals surface area contributed by atoms with Gasteiger partial charge in [0.15, 0.2) is 11.6 Å². The molecule has 0 aliphatic heterocycles. The Kier molecular flexibility index (Phi) is 5.72. The standard InChI is InChI=1S/C15H19N5O4/c1-3-23-15(22)11-12(16)19-13(10-5-4-8-24-10)20-14(11)18-7-6-17-9(2)21/h4-5,8H,3,6-7H2,1-2H3,(H,17,21)(H3,16,18,19,20). The van der Waals surface area contributed by atoms with Gasteiger partial charge in [-0.3, -0.25) is 4.79 Å². The van der Waals surface area contributed by atoms with E-state index in [0.717, 1.165) is 0 Å². The molecule has 2 heterocycles. The lowest BCUT2D eigenvalue weighted by Crippen LogP contribution is -2.27. The van der Waals surface area contributed by atoms with E-state index in [1.165, 1.54) is 13.2 Å². The number of aromatic nitrogens is 2. The van der Waals surface area contributed by atoms with Gasteiger partial charge >= 0.3 is 5.97 Å². The fourth-order valence-electron chi connectivity index (χ4n) is 1.95. The summed E-state index contributed by atoms with van der Waals surface area (Å²) in [6.45, 7) is 4.01. The highest BCUT2D eigenvalue weighted by molar-refractivity contribution is 5.99. The van der Waals surface area contributed by atoms with Crippen LogP contribution in [0.15, 0.2) is 22.8 Å². The molecule has 0 atom stereocenters. The van der Waals surface area contributed by atoms with Crippen LogP contribution in [0.25, 0.3) is 11.6 Å². The van der Waals surface area contributed by atoms with Crippen LogP contribution in [-0.2, 0) is 9.53 Å². The summed E-state index contributed by atoms with van der Waals surface area (Å²) >= 11 is 0. The molecule has 9 nitrogen and oxygen atoms in total. The molecule has 9 heteroatoms. The highest BCUT2D eigenvalue weighted by atomic mass is 16.5. The molecule has 0 spiro atoms. The van der Waals surface area contributed by atoms with Gasteiger partial charge in [0.1, 0.15) is 17.2 Å². The Hall–Kier alpha value is -3.10. The summed E-state index contributed by atoms with van der Waals surface area (Å²) in [4.78, 5) is 31.4. The summed E-state index contributed by atoms with van der Waals surface area (Å²) in [5.74, 6) is 0.0908. The first-order valence-electron chi connectivity index (χ1n) is 7.39. The van der Waals surface area contributed by atoms with Crippen molar-refractivity contribution >= 4 is 23.5 Å². The Morgan fingerprint density at radius 2 is 2.12 bits per heavy atom. The number of furan rings is 1. The average molecular weight is 333 g/mol. The second-order valence-electron chi connectivity index (χ2n) is 4.76. The number of nitrogens with one attached hydrogen (secondary N) is 2. The molecule has 0 saturated heterocycles. The van der Waals surface area contributed by atoms with Crippen LogP contribution in [0.4, 0.5) is 11.6 Å².